The topological polar surface area (TPSA) is 72.5 Å². The van der Waals surface area contributed by atoms with E-state index in [4.69, 9.17) is 22.1 Å². The normalized spacial score (nSPS) is 14.8. The van der Waals surface area contributed by atoms with E-state index in [0.29, 0.717) is 18.1 Å². The van der Waals surface area contributed by atoms with E-state index in [1.165, 1.54) is 0 Å². The van der Waals surface area contributed by atoms with Gasteiger partial charge in [0, 0.05) is 23.6 Å². The van der Waals surface area contributed by atoms with Crippen molar-refractivity contribution in [2.45, 2.75) is 38.6 Å². The van der Waals surface area contributed by atoms with Crippen molar-refractivity contribution >= 4 is 17.6 Å². The summed E-state index contributed by atoms with van der Waals surface area (Å²) in [4.78, 5) is 11.3. The maximum Gasteiger partial charge on any atom is 0.308 e. The van der Waals surface area contributed by atoms with Gasteiger partial charge in [0.05, 0.1) is 12.5 Å². The molecule has 0 bridgehead atoms. The summed E-state index contributed by atoms with van der Waals surface area (Å²) >= 11 is 6.18. The van der Waals surface area contributed by atoms with Gasteiger partial charge >= 0.3 is 5.97 Å². The van der Waals surface area contributed by atoms with E-state index in [0.717, 1.165) is 11.1 Å². The minimum absolute atomic E-state index is 0.223. The Kier molecular flexibility index (Phi) is 6.20. The number of carboxylic acids is 1. The third-order valence-electron chi connectivity index (χ3n) is 3.78. The molecule has 1 unspecified atom stereocenters. The second-order valence-corrected chi connectivity index (χ2v) is 6.41. The maximum atomic E-state index is 11.3. The minimum atomic E-state index is -0.886. The lowest BCUT2D eigenvalue weighted by molar-refractivity contribution is -0.142. The summed E-state index contributed by atoms with van der Waals surface area (Å²) in [5.41, 5.74) is 7.65. The molecule has 21 heavy (non-hydrogen) atoms. The molecule has 2 atom stereocenters. The molecule has 0 radical (unpaired) electrons. The third-order valence-corrected chi connectivity index (χ3v) is 4.00. The van der Waals surface area contributed by atoms with Gasteiger partial charge in [-0.2, -0.15) is 0 Å². The van der Waals surface area contributed by atoms with Crippen LogP contribution in [0.2, 0.25) is 5.02 Å². The van der Waals surface area contributed by atoms with Crippen LogP contribution in [-0.4, -0.2) is 24.8 Å². The SMILES string of the molecule is CC[C@H](C(=O)O)C(N)c1cc(Cl)cc(C(C)(C)COC)c1. The molecular formula is C16H24ClNO3. The summed E-state index contributed by atoms with van der Waals surface area (Å²) in [7, 11) is 1.65. The molecule has 0 aliphatic rings. The van der Waals surface area contributed by atoms with Crippen LogP contribution >= 0.6 is 11.6 Å². The molecule has 1 aromatic carbocycles. The van der Waals surface area contributed by atoms with E-state index in [-0.39, 0.29) is 5.41 Å². The largest absolute Gasteiger partial charge is 0.481 e. The summed E-state index contributed by atoms with van der Waals surface area (Å²) in [5, 5.41) is 9.81. The van der Waals surface area contributed by atoms with Gasteiger partial charge in [0.15, 0.2) is 0 Å². The molecule has 0 saturated heterocycles. The number of carboxylic acid groups (broad SMARTS) is 1. The van der Waals surface area contributed by atoms with Crippen LogP contribution in [0, 0.1) is 5.92 Å². The van der Waals surface area contributed by atoms with Crippen molar-refractivity contribution in [3.05, 3.63) is 34.3 Å². The van der Waals surface area contributed by atoms with Crippen LogP contribution in [0.1, 0.15) is 44.4 Å². The van der Waals surface area contributed by atoms with Crippen LogP contribution in [0.3, 0.4) is 0 Å². The van der Waals surface area contributed by atoms with Crippen molar-refractivity contribution in [1.82, 2.24) is 0 Å². The number of hydrogen-bond acceptors (Lipinski definition) is 3. The Bertz CT molecular complexity index is 502. The fourth-order valence-corrected chi connectivity index (χ4v) is 2.70. The van der Waals surface area contributed by atoms with Crippen molar-refractivity contribution in [3.63, 3.8) is 0 Å². The lowest BCUT2D eigenvalue weighted by Gasteiger charge is -2.27. The van der Waals surface area contributed by atoms with Crippen LogP contribution in [-0.2, 0) is 14.9 Å². The number of ether oxygens (including phenoxy) is 1. The quantitative estimate of drug-likeness (QED) is 0.809. The van der Waals surface area contributed by atoms with Crippen molar-refractivity contribution in [2.75, 3.05) is 13.7 Å². The molecule has 0 aromatic heterocycles. The Hall–Kier alpha value is -1.10. The lowest BCUT2D eigenvalue weighted by atomic mass is 9.82. The van der Waals surface area contributed by atoms with Gasteiger partial charge in [-0.15, -0.1) is 0 Å². The Morgan fingerprint density at radius 3 is 2.52 bits per heavy atom. The van der Waals surface area contributed by atoms with Gasteiger partial charge in [-0.3, -0.25) is 4.79 Å². The number of methoxy groups -OCH3 is 1. The molecule has 1 aromatic rings. The molecule has 0 fully saturated rings. The van der Waals surface area contributed by atoms with Crippen LogP contribution in [0.4, 0.5) is 0 Å². The fourth-order valence-electron chi connectivity index (χ4n) is 2.45. The van der Waals surface area contributed by atoms with Crippen molar-refractivity contribution in [2.24, 2.45) is 11.7 Å². The Balaban J connectivity index is 3.21. The van der Waals surface area contributed by atoms with Gasteiger partial charge in [0.2, 0.25) is 0 Å². The van der Waals surface area contributed by atoms with Gasteiger partial charge in [-0.1, -0.05) is 38.4 Å². The summed E-state index contributed by atoms with van der Waals surface area (Å²) < 4.78 is 5.24. The molecule has 0 heterocycles. The monoisotopic (exact) mass is 313 g/mol. The highest BCUT2D eigenvalue weighted by Crippen LogP contribution is 2.31. The zero-order valence-corrected chi connectivity index (χ0v) is 13.8. The second-order valence-electron chi connectivity index (χ2n) is 5.97. The van der Waals surface area contributed by atoms with E-state index in [1.807, 2.05) is 32.9 Å². The number of rotatable bonds is 7. The molecule has 3 N–H and O–H groups in total. The zero-order chi connectivity index (χ0) is 16.2. The van der Waals surface area contributed by atoms with E-state index in [2.05, 4.69) is 0 Å². The highest BCUT2D eigenvalue weighted by molar-refractivity contribution is 6.30. The van der Waals surface area contributed by atoms with Gasteiger partial charge in [0.25, 0.3) is 0 Å². The number of halogens is 1. The molecule has 118 valence electrons. The second kappa shape index (κ2) is 7.25. The van der Waals surface area contributed by atoms with Crippen LogP contribution in [0.15, 0.2) is 18.2 Å². The van der Waals surface area contributed by atoms with Crippen LogP contribution < -0.4 is 5.73 Å². The molecule has 5 heteroatoms. The van der Waals surface area contributed by atoms with Gasteiger partial charge in [-0.05, 0) is 29.7 Å². The molecule has 0 aliphatic heterocycles. The highest BCUT2D eigenvalue weighted by Gasteiger charge is 2.27. The van der Waals surface area contributed by atoms with E-state index in [9.17, 15) is 9.90 Å². The van der Waals surface area contributed by atoms with Crippen LogP contribution in [0.5, 0.6) is 0 Å². The number of nitrogens with two attached hydrogens (primary N) is 1. The zero-order valence-electron chi connectivity index (χ0n) is 13.0. The minimum Gasteiger partial charge on any atom is -0.481 e. The number of benzene rings is 1. The van der Waals surface area contributed by atoms with Crippen molar-refractivity contribution in [3.8, 4) is 0 Å². The Morgan fingerprint density at radius 1 is 1.43 bits per heavy atom. The first-order chi connectivity index (χ1) is 9.72. The first-order valence-corrected chi connectivity index (χ1v) is 7.39. The molecule has 0 aliphatic carbocycles. The molecule has 4 nitrogen and oxygen atoms in total. The fraction of sp³-hybridized carbons (Fsp3) is 0.562. The van der Waals surface area contributed by atoms with Crippen LogP contribution in [0.25, 0.3) is 0 Å². The standard InChI is InChI=1S/C16H24ClNO3/c1-5-13(15(19)20)14(18)10-6-11(8-12(17)7-10)16(2,3)9-21-4/h6-8,13-14H,5,9,18H2,1-4H3,(H,19,20)/t13-,14?/m0/s1. The summed E-state index contributed by atoms with van der Waals surface area (Å²) in [6.07, 6.45) is 0.472. The van der Waals surface area contributed by atoms with Crippen molar-refractivity contribution in [1.29, 1.82) is 0 Å². The molecule has 1 rings (SSSR count). The highest BCUT2D eigenvalue weighted by atomic mass is 35.5. The summed E-state index contributed by atoms with van der Waals surface area (Å²) in [6.45, 7) is 6.45. The molecule has 0 spiro atoms. The number of aliphatic carboxylic acids is 1. The van der Waals surface area contributed by atoms with E-state index in [1.54, 1.807) is 13.2 Å². The predicted octanol–water partition coefficient (Wildman–Crippen LogP) is 3.37. The smallest absolute Gasteiger partial charge is 0.308 e. The number of hydrogen-bond donors (Lipinski definition) is 2. The summed E-state index contributed by atoms with van der Waals surface area (Å²) in [6, 6.07) is 4.97. The van der Waals surface area contributed by atoms with E-state index >= 15 is 0 Å². The maximum absolute atomic E-state index is 11.3. The average Bonchev–Trinajstić information content (AvgIpc) is 2.38. The van der Waals surface area contributed by atoms with E-state index < -0.39 is 17.9 Å². The molecule has 0 amide bonds. The first kappa shape index (κ1) is 18.0. The summed E-state index contributed by atoms with van der Waals surface area (Å²) in [5.74, 6) is -1.51. The lowest BCUT2D eigenvalue weighted by Crippen LogP contribution is -2.29. The first-order valence-electron chi connectivity index (χ1n) is 7.01. The van der Waals surface area contributed by atoms with Crippen molar-refractivity contribution < 1.29 is 14.6 Å². The Morgan fingerprint density at radius 2 is 2.05 bits per heavy atom. The third kappa shape index (κ3) is 4.43. The van der Waals surface area contributed by atoms with Gasteiger partial charge in [0.1, 0.15) is 0 Å². The molecule has 0 saturated carbocycles. The number of carbonyl (C=O) groups is 1. The van der Waals surface area contributed by atoms with Gasteiger partial charge in [-0.25, -0.2) is 0 Å². The predicted molar refractivity (Wildman–Crippen MR) is 84.7 cm³/mol. The Labute approximate surface area is 131 Å². The molecular weight excluding hydrogens is 290 g/mol. The average molecular weight is 314 g/mol. The van der Waals surface area contributed by atoms with Gasteiger partial charge < -0.3 is 15.6 Å².